The number of carbonyl (C=O) groups excluding carboxylic acids is 2. The number of hydrogen-bond donors (Lipinski definition) is 3. The predicted octanol–water partition coefficient (Wildman–Crippen LogP) is -0.763. The van der Waals surface area contributed by atoms with E-state index in [0.29, 0.717) is 12.0 Å². The van der Waals surface area contributed by atoms with Crippen molar-refractivity contribution in [3.05, 3.63) is 0 Å². The second-order valence-corrected chi connectivity index (χ2v) is 4.80. The first-order chi connectivity index (χ1) is 7.66. The Hall–Kier alpha value is -1.10. The van der Waals surface area contributed by atoms with Gasteiger partial charge in [0.2, 0.25) is 11.8 Å². The fraction of sp³-hybridized carbons (Fsp3) is 0.818. The lowest BCUT2D eigenvalue weighted by Gasteiger charge is -2.13. The van der Waals surface area contributed by atoms with Gasteiger partial charge in [0, 0.05) is 12.6 Å². The van der Waals surface area contributed by atoms with Gasteiger partial charge in [0.25, 0.3) is 0 Å². The first-order valence-electron chi connectivity index (χ1n) is 5.94. The van der Waals surface area contributed by atoms with Crippen molar-refractivity contribution in [1.29, 1.82) is 0 Å². The molecule has 2 aliphatic rings. The van der Waals surface area contributed by atoms with Crippen LogP contribution in [0.3, 0.4) is 0 Å². The molecule has 3 N–H and O–H groups in total. The third-order valence-corrected chi connectivity index (χ3v) is 3.22. The molecule has 2 rings (SSSR count). The molecule has 16 heavy (non-hydrogen) atoms. The molecule has 2 fully saturated rings. The van der Waals surface area contributed by atoms with Gasteiger partial charge in [-0.2, -0.15) is 0 Å². The third-order valence-electron chi connectivity index (χ3n) is 3.22. The molecule has 2 amide bonds. The Kier molecular flexibility index (Phi) is 3.43. The fourth-order valence-electron chi connectivity index (χ4n) is 1.97. The first kappa shape index (κ1) is 11.4. The highest BCUT2D eigenvalue weighted by atomic mass is 16.2. The Bertz CT molecular complexity index is 289. The van der Waals surface area contributed by atoms with Gasteiger partial charge in [0.15, 0.2) is 0 Å². The Balaban J connectivity index is 1.68. The molecule has 1 aliphatic carbocycles. The van der Waals surface area contributed by atoms with Crippen LogP contribution >= 0.6 is 0 Å². The lowest BCUT2D eigenvalue weighted by Crippen LogP contribution is -2.41. The molecule has 0 spiro atoms. The largest absolute Gasteiger partial charge is 0.352 e. The van der Waals surface area contributed by atoms with Crippen LogP contribution in [0.25, 0.3) is 0 Å². The molecule has 0 bridgehead atoms. The average molecular weight is 225 g/mol. The van der Waals surface area contributed by atoms with Gasteiger partial charge in [-0.3, -0.25) is 9.59 Å². The van der Waals surface area contributed by atoms with Crippen molar-refractivity contribution >= 4 is 11.8 Å². The van der Waals surface area contributed by atoms with Gasteiger partial charge in [-0.15, -0.1) is 0 Å². The summed E-state index contributed by atoms with van der Waals surface area (Å²) in [5, 5.41) is 8.71. The van der Waals surface area contributed by atoms with E-state index in [2.05, 4.69) is 22.9 Å². The molecule has 0 aromatic heterocycles. The molecular weight excluding hydrogens is 206 g/mol. The number of rotatable bonds is 4. The number of amides is 2. The van der Waals surface area contributed by atoms with E-state index < -0.39 is 0 Å². The molecule has 90 valence electrons. The van der Waals surface area contributed by atoms with Crippen molar-refractivity contribution in [2.24, 2.45) is 11.8 Å². The molecule has 1 heterocycles. The maximum atomic E-state index is 11.7. The highest BCUT2D eigenvalue weighted by Gasteiger charge is 2.30. The van der Waals surface area contributed by atoms with E-state index in [0.717, 1.165) is 25.9 Å². The Morgan fingerprint density at radius 3 is 2.62 bits per heavy atom. The van der Waals surface area contributed by atoms with Crippen molar-refractivity contribution < 1.29 is 9.59 Å². The second-order valence-electron chi connectivity index (χ2n) is 4.80. The van der Waals surface area contributed by atoms with E-state index in [1.807, 2.05) is 0 Å². The van der Waals surface area contributed by atoms with Crippen LogP contribution in [0.2, 0.25) is 0 Å². The topological polar surface area (TPSA) is 70.2 Å². The Morgan fingerprint density at radius 2 is 2.06 bits per heavy atom. The number of nitrogens with one attached hydrogen (secondary N) is 3. The van der Waals surface area contributed by atoms with Crippen LogP contribution in [0.5, 0.6) is 0 Å². The van der Waals surface area contributed by atoms with E-state index in [4.69, 9.17) is 0 Å². The minimum atomic E-state index is -0.0746. The summed E-state index contributed by atoms with van der Waals surface area (Å²) in [4.78, 5) is 23.1. The molecular formula is C11H19N3O2. The molecule has 1 saturated carbocycles. The van der Waals surface area contributed by atoms with Crippen LogP contribution in [0.15, 0.2) is 0 Å². The van der Waals surface area contributed by atoms with Crippen LogP contribution in [0, 0.1) is 11.8 Å². The summed E-state index contributed by atoms with van der Waals surface area (Å²) in [5.41, 5.74) is 0. The quantitative estimate of drug-likeness (QED) is 0.589. The van der Waals surface area contributed by atoms with Crippen LogP contribution in [0.1, 0.15) is 19.8 Å². The zero-order valence-corrected chi connectivity index (χ0v) is 9.58. The van der Waals surface area contributed by atoms with Gasteiger partial charge >= 0.3 is 0 Å². The van der Waals surface area contributed by atoms with Crippen molar-refractivity contribution in [2.45, 2.75) is 25.8 Å². The van der Waals surface area contributed by atoms with E-state index in [1.54, 1.807) is 0 Å². The standard InChI is InChI=1S/C11H19N3O2/c1-7-4-12-5-9(7)11(16)13-6-10(15)14-8-2-3-8/h7-9,12H,2-6H2,1H3,(H,13,16)(H,14,15)/t7-,9-/m1/s1. The van der Waals surface area contributed by atoms with E-state index in [1.165, 1.54) is 0 Å². The summed E-state index contributed by atoms with van der Waals surface area (Å²) >= 11 is 0. The van der Waals surface area contributed by atoms with E-state index in [9.17, 15) is 9.59 Å². The highest BCUT2D eigenvalue weighted by Crippen LogP contribution is 2.18. The molecule has 0 unspecified atom stereocenters. The maximum absolute atomic E-state index is 11.7. The van der Waals surface area contributed by atoms with E-state index in [-0.39, 0.29) is 24.3 Å². The normalized spacial score (nSPS) is 28.8. The zero-order valence-electron chi connectivity index (χ0n) is 9.58. The molecule has 2 atom stereocenters. The fourth-order valence-corrected chi connectivity index (χ4v) is 1.97. The number of carbonyl (C=O) groups is 2. The summed E-state index contributed by atoms with van der Waals surface area (Å²) in [6.45, 7) is 3.76. The van der Waals surface area contributed by atoms with Crippen LogP contribution in [-0.4, -0.2) is 37.5 Å². The maximum Gasteiger partial charge on any atom is 0.239 e. The summed E-state index contributed by atoms with van der Waals surface area (Å²) in [5.74, 6) is 0.276. The SMILES string of the molecule is C[C@@H]1CNC[C@H]1C(=O)NCC(=O)NC1CC1. The molecule has 1 saturated heterocycles. The molecule has 0 aromatic carbocycles. The zero-order chi connectivity index (χ0) is 11.5. The average Bonchev–Trinajstić information content (AvgIpc) is 2.95. The minimum Gasteiger partial charge on any atom is -0.352 e. The van der Waals surface area contributed by atoms with Gasteiger partial charge < -0.3 is 16.0 Å². The second kappa shape index (κ2) is 4.82. The lowest BCUT2D eigenvalue weighted by molar-refractivity contribution is -0.128. The lowest BCUT2D eigenvalue weighted by atomic mass is 9.97. The molecule has 5 heteroatoms. The van der Waals surface area contributed by atoms with Crippen LogP contribution < -0.4 is 16.0 Å². The van der Waals surface area contributed by atoms with Crippen molar-refractivity contribution in [3.63, 3.8) is 0 Å². The smallest absolute Gasteiger partial charge is 0.239 e. The summed E-state index contributed by atoms with van der Waals surface area (Å²) < 4.78 is 0. The summed E-state index contributed by atoms with van der Waals surface area (Å²) in [7, 11) is 0. The van der Waals surface area contributed by atoms with Crippen LogP contribution in [0.4, 0.5) is 0 Å². The molecule has 0 aromatic rings. The van der Waals surface area contributed by atoms with Crippen molar-refractivity contribution in [2.75, 3.05) is 19.6 Å². The van der Waals surface area contributed by atoms with E-state index >= 15 is 0 Å². The van der Waals surface area contributed by atoms with Crippen LogP contribution in [-0.2, 0) is 9.59 Å². The van der Waals surface area contributed by atoms with Crippen molar-refractivity contribution in [3.8, 4) is 0 Å². The molecule has 1 aliphatic heterocycles. The van der Waals surface area contributed by atoms with Gasteiger partial charge in [0.05, 0.1) is 12.5 Å². The summed E-state index contributed by atoms with van der Waals surface area (Å²) in [6.07, 6.45) is 2.15. The number of hydrogen-bond acceptors (Lipinski definition) is 3. The minimum absolute atomic E-state index is 0.00808. The Morgan fingerprint density at radius 1 is 1.31 bits per heavy atom. The third kappa shape index (κ3) is 2.95. The Labute approximate surface area is 95.3 Å². The van der Waals surface area contributed by atoms with Gasteiger partial charge in [-0.1, -0.05) is 6.92 Å². The molecule has 0 radical (unpaired) electrons. The van der Waals surface area contributed by atoms with Gasteiger partial charge in [-0.25, -0.2) is 0 Å². The monoisotopic (exact) mass is 225 g/mol. The molecule has 5 nitrogen and oxygen atoms in total. The first-order valence-corrected chi connectivity index (χ1v) is 5.94. The van der Waals surface area contributed by atoms with Crippen molar-refractivity contribution in [1.82, 2.24) is 16.0 Å². The highest BCUT2D eigenvalue weighted by molar-refractivity contribution is 5.86. The summed E-state index contributed by atoms with van der Waals surface area (Å²) in [6, 6.07) is 0.358. The predicted molar refractivity (Wildman–Crippen MR) is 59.7 cm³/mol. The van der Waals surface area contributed by atoms with Gasteiger partial charge in [-0.05, 0) is 25.3 Å². The van der Waals surface area contributed by atoms with Gasteiger partial charge in [0.1, 0.15) is 0 Å².